The van der Waals surface area contributed by atoms with Gasteiger partial charge in [0.25, 0.3) is 0 Å². The van der Waals surface area contributed by atoms with Gasteiger partial charge in [-0.2, -0.15) is 0 Å². The predicted molar refractivity (Wildman–Crippen MR) is 103 cm³/mol. The molecule has 1 atom stereocenters. The quantitative estimate of drug-likeness (QED) is 0.817. The molecule has 1 unspecified atom stereocenters. The minimum absolute atomic E-state index is 0.0269. The van der Waals surface area contributed by atoms with Crippen LogP contribution in [0.15, 0.2) is 17.1 Å². The maximum absolute atomic E-state index is 15.0. The summed E-state index contributed by atoms with van der Waals surface area (Å²) in [4.78, 5) is 26.0. The third kappa shape index (κ3) is 3.08. The highest BCUT2D eigenvalue weighted by Gasteiger charge is 2.32. The van der Waals surface area contributed by atoms with Crippen LogP contribution in [0.3, 0.4) is 0 Å². The molecule has 1 aromatic carbocycles. The van der Waals surface area contributed by atoms with Crippen molar-refractivity contribution in [1.29, 1.82) is 0 Å². The fraction of sp³-hybridized carbons (Fsp3) is 0.474. The molecule has 0 radical (unpaired) electrons. The Morgan fingerprint density at radius 2 is 2.15 bits per heavy atom. The predicted octanol–water partition coefficient (Wildman–Crippen LogP) is 2.87. The number of carboxylic acids is 1. The SMILES string of the molecule is CNCC1CCN(c2c(F)cc3c(=O)c(C(=O)O)cn(C4CC4)c3c2Cl)C1. The van der Waals surface area contributed by atoms with E-state index in [9.17, 15) is 19.1 Å². The minimum Gasteiger partial charge on any atom is -0.477 e. The summed E-state index contributed by atoms with van der Waals surface area (Å²) in [6.45, 7) is 2.22. The van der Waals surface area contributed by atoms with Crippen molar-refractivity contribution in [2.75, 3.05) is 31.6 Å². The number of aromatic carboxylic acids is 1. The highest BCUT2D eigenvalue weighted by Crippen LogP contribution is 2.42. The van der Waals surface area contributed by atoms with Crippen LogP contribution in [0.2, 0.25) is 5.02 Å². The number of fused-ring (bicyclic) bond motifs is 1. The second-order valence-electron chi connectivity index (χ2n) is 7.39. The van der Waals surface area contributed by atoms with E-state index in [0.29, 0.717) is 30.2 Å². The van der Waals surface area contributed by atoms with E-state index in [1.165, 1.54) is 6.20 Å². The van der Waals surface area contributed by atoms with Gasteiger partial charge in [0.05, 0.1) is 21.6 Å². The van der Waals surface area contributed by atoms with Gasteiger partial charge in [-0.3, -0.25) is 4.79 Å². The lowest BCUT2D eigenvalue weighted by Gasteiger charge is -2.23. The number of carbonyl (C=O) groups is 1. The molecule has 27 heavy (non-hydrogen) atoms. The molecule has 1 aliphatic heterocycles. The number of nitrogens with one attached hydrogen (secondary N) is 1. The monoisotopic (exact) mass is 393 g/mol. The van der Waals surface area contributed by atoms with E-state index in [-0.39, 0.29) is 22.0 Å². The summed E-state index contributed by atoms with van der Waals surface area (Å²) in [5.41, 5.74) is -0.314. The summed E-state index contributed by atoms with van der Waals surface area (Å²) in [5.74, 6) is -1.49. The van der Waals surface area contributed by atoms with Gasteiger partial charge in [-0.25, -0.2) is 9.18 Å². The first kappa shape index (κ1) is 18.3. The van der Waals surface area contributed by atoms with Crippen molar-refractivity contribution in [1.82, 2.24) is 9.88 Å². The maximum atomic E-state index is 15.0. The Kier molecular flexibility index (Phi) is 4.60. The molecule has 6 nitrogen and oxygen atoms in total. The zero-order chi connectivity index (χ0) is 19.3. The number of pyridine rings is 1. The van der Waals surface area contributed by atoms with Gasteiger partial charge >= 0.3 is 5.97 Å². The molecule has 2 heterocycles. The topological polar surface area (TPSA) is 74.6 Å². The van der Waals surface area contributed by atoms with E-state index >= 15 is 0 Å². The Labute approximate surface area is 160 Å². The third-order valence-electron chi connectivity index (χ3n) is 5.45. The fourth-order valence-corrected chi connectivity index (χ4v) is 4.41. The highest BCUT2D eigenvalue weighted by molar-refractivity contribution is 6.38. The van der Waals surface area contributed by atoms with Crippen LogP contribution in [0.25, 0.3) is 10.9 Å². The van der Waals surface area contributed by atoms with Crippen LogP contribution in [-0.2, 0) is 0 Å². The lowest BCUT2D eigenvalue weighted by molar-refractivity contribution is 0.0695. The first-order valence-corrected chi connectivity index (χ1v) is 9.49. The van der Waals surface area contributed by atoms with Gasteiger partial charge in [0.2, 0.25) is 5.43 Å². The molecule has 1 saturated carbocycles. The van der Waals surface area contributed by atoms with Gasteiger partial charge in [-0.1, -0.05) is 11.6 Å². The second-order valence-corrected chi connectivity index (χ2v) is 7.77. The molecular weight excluding hydrogens is 373 g/mol. The third-order valence-corrected chi connectivity index (χ3v) is 5.81. The molecule has 1 aliphatic carbocycles. The van der Waals surface area contributed by atoms with Crippen LogP contribution in [0.1, 0.15) is 35.7 Å². The average molecular weight is 394 g/mol. The molecule has 4 rings (SSSR count). The Morgan fingerprint density at radius 1 is 1.41 bits per heavy atom. The van der Waals surface area contributed by atoms with Gasteiger partial charge in [-0.15, -0.1) is 0 Å². The van der Waals surface area contributed by atoms with Gasteiger partial charge in [0, 0.05) is 25.3 Å². The van der Waals surface area contributed by atoms with E-state index < -0.39 is 17.2 Å². The zero-order valence-electron chi connectivity index (χ0n) is 15.0. The van der Waals surface area contributed by atoms with Crippen molar-refractivity contribution in [3.8, 4) is 0 Å². The van der Waals surface area contributed by atoms with Gasteiger partial charge in [0.1, 0.15) is 11.4 Å². The van der Waals surface area contributed by atoms with Crippen molar-refractivity contribution in [2.24, 2.45) is 5.92 Å². The Morgan fingerprint density at radius 3 is 2.78 bits per heavy atom. The van der Waals surface area contributed by atoms with E-state index in [2.05, 4.69) is 5.32 Å². The molecule has 2 N–H and O–H groups in total. The van der Waals surface area contributed by atoms with Crippen LogP contribution in [0.4, 0.5) is 10.1 Å². The maximum Gasteiger partial charge on any atom is 0.341 e. The van der Waals surface area contributed by atoms with Crippen LogP contribution in [0.5, 0.6) is 0 Å². The molecule has 1 aromatic heterocycles. The van der Waals surface area contributed by atoms with E-state index in [0.717, 1.165) is 31.9 Å². The molecule has 1 saturated heterocycles. The summed E-state index contributed by atoms with van der Waals surface area (Å²) in [7, 11) is 1.89. The lowest BCUT2D eigenvalue weighted by Crippen LogP contribution is -2.26. The van der Waals surface area contributed by atoms with E-state index in [1.54, 1.807) is 4.57 Å². The van der Waals surface area contributed by atoms with Gasteiger partial charge in [0.15, 0.2) is 0 Å². The van der Waals surface area contributed by atoms with Crippen molar-refractivity contribution >= 4 is 34.2 Å². The molecule has 2 aromatic rings. The summed E-state index contributed by atoms with van der Waals surface area (Å²) in [5, 5.41) is 12.7. The first-order chi connectivity index (χ1) is 12.9. The number of benzene rings is 1. The minimum atomic E-state index is -1.31. The van der Waals surface area contributed by atoms with Crippen LogP contribution in [-0.4, -0.2) is 42.3 Å². The molecular formula is C19H21ClFN3O3. The van der Waals surface area contributed by atoms with E-state index in [4.69, 9.17) is 11.6 Å². The number of hydrogen-bond acceptors (Lipinski definition) is 4. The number of halogens is 2. The zero-order valence-corrected chi connectivity index (χ0v) is 15.7. The van der Waals surface area contributed by atoms with Crippen LogP contribution < -0.4 is 15.6 Å². The molecule has 0 amide bonds. The lowest BCUT2D eigenvalue weighted by atomic mass is 10.1. The Bertz CT molecular complexity index is 987. The van der Waals surface area contributed by atoms with E-state index in [1.807, 2.05) is 11.9 Å². The van der Waals surface area contributed by atoms with Gasteiger partial charge < -0.3 is 19.9 Å². The smallest absolute Gasteiger partial charge is 0.341 e. The number of hydrogen-bond donors (Lipinski definition) is 2. The summed E-state index contributed by atoms with van der Waals surface area (Å²) in [6.07, 6.45) is 4.05. The summed E-state index contributed by atoms with van der Waals surface area (Å²) < 4.78 is 16.7. The number of rotatable bonds is 5. The summed E-state index contributed by atoms with van der Waals surface area (Å²) in [6, 6.07) is 1.24. The fourth-order valence-electron chi connectivity index (χ4n) is 4.01. The van der Waals surface area contributed by atoms with Crippen molar-refractivity contribution in [3.63, 3.8) is 0 Å². The molecule has 2 fully saturated rings. The number of nitrogens with zero attached hydrogens (tertiary/aromatic N) is 2. The molecule has 144 valence electrons. The van der Waals surface area contributed by atoms with Crippen molar-refractivity contribution in [2.45, 2.75) is 25.3 Å². The second kappa shape index (κ2) is 6.80. The normalized spacial score (nSPS) is 19.8. The average Bonchev–Trinajstić information content (AvgIpc) is 3.36. The number of anilines is 1. The van der Waals surface area contributed by atoms with Crippen LogP contribution >= 0.6 is 11.6 Å². The Hall–Kier alpha value is -2.12. The molecule has 0 bridgehead atoms. The van der Waals surface area contributed by atoms with Crippen LogP contribution in [0, 0.1) is 11.7 Å². The first-order valence-electron chi connectivity index (χ1n) is 9.12. The number of aromatic nitrogens is 1. The molecule has 2 aliphatic rings. The van der Waals surface area contributed by atoms with Crippen molar-refractivity contribution < 1.29 is 14.3 Å². The standard InChI is InChI=1S/C19H21ClFN3O3/c1-22-7-10-4-5-23(8-10)17-14(21)6-12-16(15(17)20)24(11-2-3-11)9-13(18(12)25)19(26)27/h6,9-11,22H,2-5,7-8H2,1H3,(H,26,27). The molecule has 0 spiro atoms. The largest absolute Gasteiger partial charge is 0.477 e. The number of carboxylic acid groups (broad SMARTS) is 1. The molecule has 8 heteroatoms. The highest BCUT2D eigenvalue weighted by atomic mass is 35.5. The Balaban J connectivity index is 1.91. The van der Waals surface area contributed by atoms with Crippen molar-refractivity contribution in [3.05, 3.63) is 38.9 Å². The van der Waals surface area contributed by atoms with Gasteiger partial charge in [-0.05, 0) is 44.8 Å². The summed E-state index contributed by atoms with van der Waals surface area (Å²) >= 11 is 6.63.